The first-order valence-electron chi connectivity index (χ1n) is 9.75. The molecule has 2 aliphatic heterocycles. The number of hydrogen-bond donors (Lipinski definition) is 4. The minimum absolute atomic E-state index is 0.0284. The van der Waals surface area contributed by atoms with E-state index in [1.165, 1.54) is 0 Å². The molecule has 2 saturated heterocycles. The fraction of sp³-hybridized carbons (Fsp3) is 0.381. The van der Waals surface area contributed by atoms with E-state index in [9.17, 15) is 14.4 Å². The number of unbranched alkanes of at least 4 members (excludes halogenated alkanes) is 1. The summed E-state index contributed by atoms with van der Waals surface area (Å²) in [5.41, 5.74) is 0.952. The van der Waals surface area contributed by atoms with Gasteiger partial charge in [-0.2, -0.15) is 11.8 Å². The molecular formula is C21H23N3O4S. The van der Waals surface area contributed by atoms with Crippen LogP contribution >= 0.6 is 11.8 Å². The van der Waals surface area contributed by atoms with Crippen LogP contribution in [0.5, 0.6) is 0 Å². The van der Waals surface area contributed by atoms with Crippen molar-refractivity contribution in [3.05, 3.63) is 42.0 Å². The fourth-order valence-corrected chi connectivity index (χ4v) is 5.50. The van der Waals surface area contributed by atoms with Crippen LogP contribution in [0.25, 0.3) is 10.8 Å². The third kappa shape index (κ3) is 4.48. The maximum Gasteiger partial charge on any atom is 0.335 e. The SMILES string of the molecule is O=C(CCCCC1SCC2NC(=O)NC21)Nc1ccc2cc(C(=O)O)ccc2c1. The standard InChI is InChI=1S/C21H23N3O4S/c25-18(4-2-1-3-17-19-16(11-29-17)23-21(28)24-19)22-15-8-7-12-9-14(20(26)27)6-5-13(12)10-15/h5-10,16-17,19H,1-4,11H2,(H,22,25)(H,26,27)(H2,23,24,28). The third-order valence-electron chi connectivity index (χ3n) is 5.45. The predicted molar refractivity (Wildman–Crippen MR) is 113 cm³/mol. The topological polar surface area (TPSA) is 108 Å². The van der Waals surface area contributed by atoms with Gasteiger partial charge in [-0.15, -0.1) is 0 Å². The molecule has 0 spiro atoms. The van der Waals surface area contributed by atoms with Gasteiger partial charge in [0.05, 0.1) is 17.6 Å². The van der Waals surface area contributed by atoms with Gasteiger partial charge in [-0.25, -0.2) is 9.59 Å². The molecule has 7 nitrogen and oxygen atoms in total. The molecule has 0 aromatic heterocycles. The van der Waals surface area contributed by atoms with Crippen molar-refractivity contribution in [2.45, 2.75) is 43.0 Å². The van der Waals surface area contributed by atoms with Gasteiger partial charge in [0.25, 0.3) is 0 Å². The molecule has 0 radical (unpaired) electrons. The highest BCUT2D eigenvalue weighted by Gasteiger charge is 2.42. The Morgan fingerprint density at radius 3 is 2.72 bits per heavy atom. The summed E-state index contributed by atoms with van der Waals surface area (Å²) in [7, 11) is 0. The molecule has 3 atom stereocenters. The highest BCUT2D eigenvalue weighted by atomic mass is 32.2. The molecule has 3 amide bonds. The van der Waals surface area contributed by atoms with Crippen molar-refractivity contribution in [1.82, 2.24) is 10.6 Å². The summed E-state index contributed by atoms with van der Waals surface area (Å²) in [6, 6.07) is 10.8. The van der Waals surface area contributed by atoms with Gasteiger partial charge in [-0.1, -0.05) is 18.6 Å². The molecule has 4 N–H and O–H groups in total. The highest BCUT2D eigenvalue weighted by Crippen LogP contribution is 2.33. The number of fused-ring (bicyclic) bond motifs is 2. The number of benzene rings is 2. The second-order valence-corrected chi connectivity index (χ2v) is 8.77. The first-order chi connectivity index (χ1) is 14.0. The molecule has 3 unspecified atom stereocenters. The largest absolute Gasteiger partial charge is 0.478 e. The number of carboxylic acid groups (broad SMARTS) is 1. The van der Waals surface area contributed by atoms with Crippen molar-refractivity contribution in [2.75, 3.05) is 11.1 Å². The normalized spacial score (nSPS) is 22.8. The number of thioether (sulfide) groups is 1. The lowest BCUT2D eigenvalue weighted by atomic mass is 10.0. The minimum atomic E-state index is -0.956. The van der Waals surface area contributed by atoms with Crippen LogP contribution in [0.15, 0.2) is 36.4 Å². The average molecular weight is 413 g/mol. The van der Waals surface area contributed by atoms with Crippen LogP contribution in [0.2, 0.25) is 0 Å². The number of carboxylic acids is 1. The summed E-state index contributed by atoms with van der Waals surface area (Å²) < 4.78 is 0. The molecule has 4 rings (SSSR count). The molecule has 0 saturated carbocycles. The van der Waals surface area contributed by atoms with E-state index in [2.05, 4.69) is 16.0 Å². The summed E-state index contributed by atoms with van der Waals surface area (Å²) in [6.45, 7) is 0. The Bertz CT molecular complexity index is 964. The van der Waals surface area contributed by atoms with E-state index in [1.807, 2.05) is 23.9 Å². The Hall–Kier alpha value is -2.74. The monoisotopic (exact) mass is 413 g/mol. The number of amides is 3. The van der Waals surface area contributed by atoms with Crippen LogP contribution < -0.4 is 16.0 Å². The van der Waals surface area contributed by atoms with Crippen molar-refractivity contribution in [2.24, 2.45) is 0 Å². The summed E-state index contributed by atoms with van der Waals surface area (Å²) in [4.78, 5) is 34.7. The molecule has 2 aliphatic rings. The number of hydrogen-bond acceptors (Lipinski definition) is 4. The van der Waals surface area contributed by atoms with E-state index < -0.39 is 5.97 Å². The second kappa shape index (κ2) is 8.32. The molecule has 2 aromatic rings. The molecule has 152 valence electrons. The molecular weight excluding hydrogens is 390 g/mol. The number of anilines is 1. The Kier molecular flexibility index (Phi) is 5.62. The second-order valence-electron chi connectivity index (χ2n) is 7.50. The lowest BCUT2D eigenvalue weighted by Crippen LogP contribution is -2.36. The number of rotatable bonds is 7. The maximum atomic E-state index is 12.3. The summed E-state index contributed by atoms with van der Waals surface area (Å²) in [6.07, 6.45) is 3.19. The van der Waals surface area contributed by atoms with E-state index in [1.54, 1.807) is 24.3 Å². The third-order valence-corrected chi connectivity index (χ3v) is 6.96. The predicted octanol–water partition coefficient (Wildman–Crippen LogP) is 3.20. The first kappa shape index (κ1) is 19.6. The molecule has 2 heterocycles. The number of nitrogens with one attached hydrogen (secondary N) is 3. The Morgan fingerprint density at radius 2 is 1.90 bits per heavy atom. The Labute approximate surface area is 172 Å². The minimum Gasteiger partial charge on any atom is -0.478 e. The zero-order valence-electron chi connectivity index (χ0n) is 15.8. The summed E-state index contributed by atoms with van der Waals surface area (Å²) in [5, 5.41) is 20.0. The van der Waals surface area contributed by atoms with Gasteiger partial charge < -0.3 is 21.1 Å². The summed E-state index contributed by atoms with van der Waals surface area (Å²) >= 11 is 1.89. The van der Waals surface area contributed by atoms with E-state index >= 15 is 0 Å². The molecule has 8 heteroatoms. The van der Waals surface area contributed by atoms with Crippen molar-refractivity contribution >= 4 is 46.1 Å². The van der Waals surface area contributed by atoms with Crippen molar-refractivity contribution in [3.63, 3.8) is 0 Å². The van der Waals surface area contributed by atoms with Crippen molar-refractivity contribution < 1.29 is 19.5 Å². The van der Waals surface area contributed by atoms with Crippen molar-refractivity contribution in [3.8, 4) is 0 Å². The lowest BCUT2D eigenvalue weighted by molar-refractivity contribution is -0.116. The molecule has 0 bridgehead atoms. The van der Waals surface area contributed by atoms with Crippen LogP contribution in [0.3, 0.4) is 0 Å². The number of aromatic carboxylic acids is 1. The van der Waals surface area contributed by atoms with Gasteiger partial charge in [0.1, 0.15) is 0 Å². The van der Waals surface area contributed by atoms with Crippen LogP contribution in [0.1, 0.15) is 36.0 Å². The number of urea groups is 1. The molecule has 29 heavy (non-hydrogen) atoms. The Morgan fingerprint density at radius 1 is 1.10 bits per heavy atom. The number of carbonyl (C=O) groups excluding carboxylic acids is 2. The van der Waals surface area contributed by atoms with Crippen LogP contribution in [0.4, 0.5) is 10.5 Å². The molecule has 0 aliphatic carbocycles. The van der Waals surface area contributed by atoms with E-state index in [0.717, 1.165) is 35.8 Å². The van der Waals surface area contributed by atoms with Gasteiger partial charge in [-0.05, 0) is 47.9 Å². The smallest absolute Gasteiger partial charge is 0.335 e. The number of carbonyl (C=O) groups is 3. The van der Waals surface area contributed by atoms with Crippen LogP contribution in [-0.4, -0.2) is 46.1 Å². The van der Waals surface area contributed by atoms with E-state index in [0.29, 0.717) is 17.4 Å². The zero-order chi connectivity index (χ0) is 20.4. The highest BCUT2D eigenvalue weighted by molar-refractivity contribution is 8.00. The van der Waals surface area contributed by atoms with Gasteiger partial charge in [0, 0.05) is 23.1 Å². The van der Waals surface area contributed by atoms with E-state index in [-0.39, 0.29) is 29.6 Å². The summed E-state index contributed by atoms with van der Waals surface area (Å²) in [5.74, 6) is -0.0357. The quantitative estimate of drug-likeness (QED) is 0.412. The lowest BCUT2D eigenvalue weighted by Gasteiger charge is -2.16. The maximum absolute atomic E-state index is 12.3. The van der Waals surface area contributed by atoms with Crippen LogP contribution in [-0.2, 0) is 4.79 Å². The van der Waals surface area contributed by atoms with Gasteiger partial charge >= 0.3 is 12.0 Å². The first-order valence-corrected chi connectivity index (χ1v) is 10.8. The zero-order valence-corrected chi connectivity index (χ0v) is 16.6. The Balaban J connectivity index is 1.24. The molecule has 2 aromatic carbocycles. The van der Waals surface area contributed by atoms with E-state index in [4.69, 9.17) is 5.11 Å². The van der Waals surface area contributed by atoms with Crippen LogP contribution in [0, 0.1) is 0 Å². The fourth-order valence-electron chi connectivity index (χ4n) is 3.95. The molecule has 2 fully saturated rings. The van der Waals surface area contributed by atoms with Gasteiger partial charge in [-0.3, -0.25) is 4.79 Å². The van der Waals surface area contributed by atoms with Gasteiger partial charge in [0.2, 0.25) is 5.91 Å². The van der Waals surface area contributed by atoms with Crippen molar-refractivity contribution in [1.29, 1.82) is 0 Å². The van der Waals surface area contributed by atoms with Gasteiger partial charge in [0.15, 0.2) is 0 Å². The average Bonchev–Trinajstić information content (AvgIpc) is 3.24.